The quantitative estimate of drug-likeness (QED) is 0.599. The fourth-order valence-electron chi connectivity index (χ4n) is 3.31. The summed E-state index contributed by atoms with van der Waals surface area (Å²) in [7, 11) is -3.34. The second-order valence-corrected chi connectivity index (χ2v) is 17.8. The Hall–Kier alpha value is 0.237. The molecule has 0 atom stereocenters. The van der Waals surface area contributed by atoms with Gasteiger partial charge in [0.25, 0.3) is 0 Å². The molecule has 0 aromatic carbocycles. The van der Waals surface area contributed by atoms with Gasteiger partial charge in [-0.3, -0.25) is 0 Å². The van der Waals surface area contributed by atoms with Crippen LogP contribution in [0, 0.1) is 0 Å². The molecule has 0 fully saturated rings. The van der Waals surface area contributed by atoms with Crippen LogP contribution in [0.1, 0.15) is 12.8 Å². The Morgan fingerprint density at radius 3 is 1.78 bits per heavy atom. The summed E-state index contributed by atoms with van der Waals surface area (Å²) in [5, 5.41) is 3.29. The Labute approximate surface area is 124 Å². The molecule has 0 N–H and O–H groups in total. The molecule has 3 aliphatic rings. The van der Waals surface area contributed by atoms with Crippen molar-refractivity contribution in [2.75, 3.05) is 0 Å². The van der Waals surface area contributed by atoms with E-state index >= 15 is 0 Å². The zero-order valence-corrected chi connectivity index (χ0v) is 16.1. The molecule has 1 nitrogen and oxygen atoms in total. The van der Waals surface area contributed by atoms with E-state index in [2.05, 4.69) is 50.5 Å². The van der Waals surface area contributed by atoms with E-state index in [0.29, 0.717) is 0 Å². The average Bonchev–Trinajstić information content (AvgIpc) is 2.84. The number of hydrogen-bond donors (Lipinski definition) is 0. The summed E-state index contributed by atoms with van der Waals surface area (Å²) < 4.78 is 10.4. The molecule has 0 aromatic heterocycles. The fraction of sp³-hybridized carbons (Fsp3) is 0.429. The summed E-state index contributed by atoms with van der Waals surface area (Å²) >= 11 is -0.518. The van der Waals surface area contributed by atoms with Crippen molar-refractivity contribution in [3.05, 3.63) is 41.3 Å². The van der Waals surface area contributed by atoms with Crippen molar-refractivity contribution in [3.8, 4) is 0 Å². The summed E-state index contributed by atoms with van der Waals surface area (Å²) in [4.78, 5) is 0. The monoisotopic (exact) mass is 350 g/mol. The molecule has 1 aliphatic heterocycles. The molecular weight excluding hydrogens is 332 g/mol. The number of hydrogen-bond acceptors (Lipinski definition) is 1. The van der Waals surface area contributed by atoms with Crippen LogP contribution in [-0.2, 0) is 27.4 Å². The Kier molecular flexibility index (Phi) is 3.21. The zero-order valence-electron chi connectivity index (χ0n) is 11.6. The maximum atomic E-state index is 6.78. The molecule has 0 unspecified atom stereocenters. The van der Waals surface area contributed by atoms with Crippen LogP contribution < -0.4 is 0 Å². The van der Waals surface area contributed by atoms with Crippen molar-refractivity contribution < 1.29 is 27.4 Å². The molecule has 94 valence electrons. The van der Waals surface area contributed by atoms with Crippen molar-refractivity contribution in [1.29, 1.82) is 0 Å². The summed E-state index contributed by atoms with van der Waals surface area (Å²) in [6.07, 6.45) is 12.0. The van der Waals surface area contributed by atoms with Crippen molar-refractivity contribution in [3.63, 3.8) is 0 Å². The van der Waals surface area contributed by atoms with Crippen LogP contribution in [0.5, 0.6) is 0 Å². The number of allylic oxidation sites excluding steroid dienone is 8. The third kappa shape index (κ3) is 2.11. The van der Waals surface area contributed by atoms with E-state index < -0.39 is 39.9 Å². The molecular formula is C14H20OSi2Zr. The van der Waals surface area contributed by atoms with E-state index in [9.17, 15) is 0 Å². The molecule has 0 aromatic rings. The Morgan fingerprint density at radius 1 is 0.889 bits per heavy atom. The van der Waals surface area contributed by atoms with E-state index in [1.807, 2.05) is 0 Å². The van der Waals surface area contributed by atoms with Crippen LogP contribution in [0.4, 0.5) is 0 Å². The van der Waals surface area contributed by atoms with Gasteiger partial charge >= 0.3 is 124 Å². The summed E-state index contributed by atoms with van der Waals surface area (Å²) in [6, 6.07) is 0. The van der Waals surface area contributed by atoms with Gasteiger partial charge in [-0.1, -0.05) is 0 Å². The first kappa shape index (κ1) is 13.2. The van der Waals surface area contributed by atoms with Gasteiger partial charge < -0.3 is 0 Å². The van der Waals surface area contributed by atoms with Gasteiger partial charge in [0.1, 0.15) is 0 Å². The summed E-state index contributed by atoms with van der Waals surface area (Å²) in [6.45, 7) is 9.60. The molecule has 1 heterocycles. The van der Waals surface area contributed by atoms with Crippen LogP contribution >= 0.6 is 0 Å². The first-order valence-corrected chi connectivity index (χ1v) is 15.0. The normalized spacial score (nSPS) is 27.8. The predicted molar refractivity (Wildman–Crippen MR) is 77.6 cm³/mol. The fourth-order valence-corrected chi connectivity index (χ4v) is 20.2. The van der Waals surface area contributed by atoms with E-state index in [-0.39, 0.29) is 0 Å². The molecule has 0 amide bonds. The van der Waals surface area contributed by atoms with Crippen LogP contribution in [0.15, 0.2) is 41.3 Å². The molecule has 0 saturated carbocycles. The minimum absolute atomic E-state index is 0.518. The second-order valence-electron chi connectivity index (χ2n) is 6.25. The van der Waals surface area contributed by atoms with E-state index in [1.54, 1.807) is 17.0 Å². The molecule has 4 heteroatoms. The van der Waals surface area contributed by atoms with Gasteiger partial charge in [-0.2, -0.15) is 0 Å². The van der Waals surface area contributed by atoms with Gasteiger partial charge in [0.05, 0.1) is 0 Å². The van der Waals surface area contributed by atoms with Crippen LogP contribution in [0.3, 0.4) is 0 Å². The van der Waals surface area contributed by atoms with Gasteiger partial charge in [0.2, 0.25) is 0 Å². The van der Waals surface area contributed by atoms with Crippen LogP contribution in [-0.4, -0.2) is 16.6 Å². The molecule has 0 radical (unpaired) electrons. The molecule has 0 saturated heterocycles. The first-order valence-electron chi connectivity index (χ1n) is 6.68. The Bertz CT molecular complexity index is 478. The zero-order chi connectivity index (χ0) is 13.0. The van der Waals surface area contributed by atoms with Crippen LogP contribution in [0.25, 0.3) is 0 Å². The third-order valence-corrected chi connectivity index (χ3v) is 16.6. The van der Waals surface area contributed by atoms with E-state index in [1.165, 1.54) is 12.8 Å². The van der Waals surface area contributed by atoms with Crippen molar-refractivity contribution in [1.82, 2.24) is 0 Å². The average molecular weight is 352 g/mol. The van der Waals surface area contributed by atoms with E-state index in [4.69, 9.17) is 4.12 Å². The molecule has 18 heavy (non-hydrogen) atoms. The summed E-state index contributed by atoms with van der Waals surface area (Å²) in [5.41, 5.74) is 0. The van der Waals surface area contributed by atoms with Gasteiger partial charge in [-0.25, -0.2) is 0 Å². The Balaban J connectivity index is 2.11. The molecule has 0 bridgehead atoms. The molecule has 3 rings (SSSR count). The standard InChI is InChI=1S/C14H20OSi2.Zr/c1-16(2,13-9-5-6-10-13)15-17(3,4)14-11-7-8-12-14;/h5,7,9,11H,6,8H2,1-4H3;. The van der Waals surface area contributed by atoms with Crippen LogP contribution in [0.2, 0.25) is 26.2 Å². The minimum atomic E-state index is -1.67. The van der Waals surface area contributed by atoms with Crippen molar-refractivity contribution in [2.24, 2.45) is 0 Å². The SMILES string of the molecule is C[Si]1(C)O[Si](C)(C)C2=[C](CC=C2)[Zr][C]2=C1C=CC2. The number of rotatable bonds is 0. The first-order chi connectivity index (χ1) is 8.40. The van der Waals surface area contributed by atoms with Gasteiger partial charge in [0, 0.05) is 0 Å². The van der Waals surface area contributed by atoms with E-state index in [0.717, 1.165) is 0 Å². The topological polar surface area (TPSA) is 9.23 Å². The molecule has 0 spiro atoms. The Morgan fingerprint density at radius 2 is 1.33 bits per heavy atom. The summed E-state index contributed by atoms with van der Waals surface area (Å²) in [5.74, 6) is 0. The van der Waals surface area contributed by atoms with Gasteiger partial charge in [-0.15, -0.1) is 0 Å². The second kappa shape index (κ2) is 4.37. The maximum absolute atomic E-state index is 6.78. The van der Waals surface area contributed by atoms with Gasteiger partial charge in [0.15, 0.2) is 0 Å². The van der Waals surface area contributed by atoms with Crippen molar-refractivity contribution >= 4 is 16.6 Å². The predicted octanol–water partition coefficient (Wildman–Crippen LogP) is 4.02. The van der Waals surface area contributed by atoms with Crippen molar-refractivity contribution in [2.45, 2.75) is 39.0 Å². The third-order valence-electron chi connectivity index (χ3n) is 3.97. The van der Waals surface area contributed by atoms with Gasteiger partial charge in [-0.05, 0) is 0 Å². The molecule has 2 aliphatic carbocycles.